The molecule has 0 aliphatic heterocycles. The maximum absolute atomic E-state index is 11.1. The SMILES string of the molecule is CN(F)S(=O)(=O)[O-].CN(F)S(=O)(=O)[O-].CN(F)S(=O)(=O)[O-].CN(F)S(=O)(=O)[O-].O=S(=O)([O-])N(F)F.[Li+].[Li+].[Li+].[Li+].[Li+]. The van der Waals surface area contributed by atoms with Crippen LogP contribution in [-0.4, -0.2) is 116 Å². The summed E-state index contributed by atoms with van der Waals surface area (Å²) in [6, 6.07) is 0. The molecule has 0 saturated heterocycles. The topological polar surface area (TPSA) is 302 Å². The quantitative estimate of drug-likeness (QED) is 0.113. The van der Waals surface area contributed by atoms with Crippen LogP contribution in [0.3, 0.4) is 0 Å². The summed E-state index contributed by atoms with van der Waals surface area (Å²) in [5.74, 6) is 0. The third kappa shape index (κ3) is 59.3. The fourth-order valence-corrected chi connectivity index (χ4v) is 0. The van der Waals surface area contributed by atoms with E-state index in [1.807, 2.05) is 0 Å². The molecule has 0 N–H and O–H groups in total. The molecule has 36 heteroatoms. The third-order valence-electron chi connectivity index (χ3n) is 1.40. The van der Waals surface area contributed by atoms with Crippen molar-refractivity contribution in [3.63, 3.8) is 0 Å². The monoisotopic (exact) mass is 679 g/mol. The zero-order chi connectivity index (χ0) is 30.4. The summed E-state index contributed by atoms with van der Waals surface area (Å²) >= 11 is 0. The van der Waals surface area contributed by atoms with Crippen LogP contribution in [0.1, 0.15) is 0 Å². The van der Waals surface area contributed by atoms with Gasteiger partial charge in [0.1, 0.15) is 4.75 Å². The Morgan fingerprint density at radius 2 is 0.400 bits per heavy atom. The molecule has 0 amide bonds. The van der Waals surface area contributed by atoms with Crippen LogP contribution in [0.25, 0.3) is 0 Å². The molecule has 0 atom stereocenters. The van der Waals surface area contributed by atoms with E-state index in [0.717, 1.165) is 0 Å². The Hall–Kier alpha value is 1.92. The van der Waals surface area contributed by atoms with Gasteiger partial charge >= 0.3 is 94.3 Å². The van der Waals surface area contributed by atoms with Crippen LogP contribution in [0.5, 0.6) is 0 Å². The summed E-state index contributed by atoms with van der Waals surface area (Å²) in [5.41, 5.74) is 0. The van der Waals surface area contributed by atoms with Crippen LogP contribution in [0.15, 0.2) is 0 Å². The van der Waals surface area contributed by atoms with Gasteiger partial charge in [0.15, 0.2) is 41.2 Å². The molecule has 0 aromatic rings. The first-order valence-electron chi connectivity index (χ1n) is 6.22. The first kappa shape index (κ1) is 68.9. The summed E-state index contributed by atoms with van der Waals surface area (Å²) in [6.07, 6.45) is 0. The molecule has 0 radical (unpaired) electrons. The summed E-state index contributed by atoms with van der Waals surface area (Å²) in [6.45, 7) is 0. The predicted octanol–water partition coefficient (Wildman–Crippen LogP) is -18.4. The molecular formula is C4H12F6Li5N5O15S5. The Morgan fingerprint density at radius 3 is 0.400 bits per heavy atom. The molecule has 0 aliphatic rings. The largest absolute Gasteiger partial charge is 1.00 e. The fraction of sp³-hybridized carbons (Fsp3) is 1.00. The average molecular weight is 679 g/mol. The van der Waals surface area contributed by atoms with Crippen molar-refractivity contribution in [3.8, 4) is 0 Å². The van der Waals surface area contributed by atoms with E-state index in [2.05, 4.69) is 0 Å². The molecule has 0 aromatic heterocycles. The summed E-state index contributed by atoms with van der Waals surface area (Å²) < 4.78 is 198. The van der Waals surface area contributed by atoms with Gasteiger partial charge in [0.25, 0.3) is 0 Å². The first-order chi connectivity index (χ1) is 14.7. The Bertz CT molecular complexity index is 915. The summed E-state index contributed by atoms with van der Waals surface area (Å²) in [7, 11) is -22.7. The third-order valence-corrected chi connectivity index (χ3v) is 4.20. The van der Waals surface area contributed by atoms with Gasteiger partial charge in [-0.1, -0.05) is 27.1 Å². The van der Waals surface area contributed by atoms with Crippen molar-refractivity contribution in [2.45, 2.75) is 0 Å². The van der Waals surface area contributed by atoms with E-state index in [0.29, 0.717) is 28.2 Å². The molecule has 0 aromatic carbocycles. The molecule has 0 unspecified atom stereocenters. The molecular weight excluding hydrogens is 667 g/mol. The molecule has 0 bridgehead atoms. The minimum atomic E-state index is -5.49. The Labute approximate surface area is 286 Å². The molecule has 220 valence electrons. The van der Waals surface area contributed by atoms with E-state index in [1.165, 1.54) is 0 Å². The molecule has 0 aliphatic carbocycles. The maximum atomic E-state index is 11.1. The van der Waals surface area contributed by atoms with Crippen molar-refractivity contribution in [2.75, 3.05) is 28.2 Å². The van der Waals surface area contributed by atoms with Crippen LogP contribution in [0, 0.1) is 0 Å². The second-order valence-electron chi connectivity index (χ2n) is 4.02. The molecule has 0 saturated carbocycles. The number of hydrogen-bond donors (Lipinski definition) is 0. The Kier molecular flexibility index (Phi) is 51.0. The minimum absolute atomic E-state index is 0. The fourth-order valence-electron chi connectivity index (χ4n) is 0. The number of hydrogen-bond acceptors (Lipinski definition) is 15. The average Bonchev–Trinajstić information content (AvgIpc) is 2.52. The molecule has 20 nitrogen and oxygen atoms in total. The van der Waals surface area contributed by atoms with Gasteiger partial charge in [0, 0.05) is 28.2 Å². The zero-order valence-electron chi connectivity index (χ0n) is 21.7. The molecule has 0 spiro atoms. The maximum Gasteiger partial charge on any atom is 1.00 e. The van der Waals surface area contributed by atoms with Crippen LogP contribution in [0.2, 0.25) is 0 Å². The number of halogens is 6. The summed E-state index contributed by atoms with van der Waals surface area (Å²) in [5, 5.41) is 0. The minimum Gasteiger partial charge on any atom is -0.734 e. The first-order valence-corrected chi connectivity index (χ1v) is 13.0. The van der Waals surface area contributed by atoms with Crippen molar-refractivity contribution in [1.29, 1.82) is 0 Å². The van der Waals surface area contributed by atoms with Crippen LogP contribution in [-0.2, 0) is 51.5 Å². The Morgan fingerprint density at radius 1 is 0.350 bits per heavy atom. The van der Waals surface area contributed by atoms with Gasteiger partial charge in [-0.2, -0.15) is 0 Å². The second kappa shape index (κ2) is 29.6. The van der Waals surface area contributed by atoms with Crippen molar-refractivity contribution in [3.05, 3.63) is 0 Å². The van der Waals surface area contributed by atoms with Crippen LogP contribution in [0.4, 0.5) is 26.9 Å². The van der Waals surface area contributed by atoms with E-state index in [9.17, 15) is 78.8 Å². The van der Waals surface area contributed by atoms with E-state index in [1.54, 1.807) is 0 Å². The van der Waals surface area contributed by atoms with Crippen molar-refractivity contribution < 1.29 is 186 Å². The molecule has 0 rings (SSSR count). The summed E-state index contributed by atoms with van der Waals surface area (Å²) in [4.78, 5) is 0. The van der Waals surface area contributed by atoms with Gasteiger partial charge in [0.05, 0.1) is 0 Å². The van der Waals surface area contributed by atoms with Gasteiger partial charge < -0.3 is 22.8 Å². The van der Waals surface area contributed by atoms with Gasteiger partial charge in [0.2, 0.25) is 10.3 Å². The van der Waals surface area contributed by atoms with E-state index >= 15 is 0 Å². The number of nitrogens with zero attached hydrogens (tertiary/aromatic N) is 5. The molecule has 40 heavy (non-hydrogen) atoms. The zero-order valence-corrected chi connectivity index (χ0v) is 25.8. The van der Waals surface area contributed by atoms with Crippen molar-refractivity contribution >= 4 is 51.5 Å². The van der Waals surface area contributed by atoms with Crippen LogP contribution < -0.4 is 94.3 Å². The smallest absolute Gasteiger partial charge is 0.734 e. The van der Waals surface area contributed by atoms with Crippen LogP contribution >= 0.6 is 0 Å². The number of rotatable bonds is 5. The normalized spacial score (nSPS) is 11.0. The predicted molar refractivity (Wildman–Crippen MR) is 88.0 cm³/mol. The van der Waals surface area contributed by atoms with E-state index < -0.39 is 74.4 Å². The van der Waals surface area contributed by atoms with Crippen molar-refractivity contribution in [2.24, 2.45) is 0 Å². The van der Waals surface area contributed by atoms with Gasteiger partial charge in [-0.25, -0.2) is 42.1 Å². The molecule has 0 fully saturated rings. The van der Waals surface area contributed by atoms with E-state index in [-0.39, 0.29) is 94.3 Å². The van der Waals surface area contributed by atoms with Gasteiger partial charge in [-0.05, 0) is 0 Å². The van der Waals surface area contributed by atoms with Gasteiger partial charge in [-0.15, -0.1) is 17.9 Å². The van der Waals surface area contributed by atoms with Crippen molar-refractivity contribution in [1.82, 2.24) is 22.9 Å². The van der Waals surface area contributed by atoms with Gasteiger partial charge in [-0.3, -0.25) is 0 Å². The van der Waals surface area contributed by atoms with E-state index in [4.69, 9.17) is 13.0 Å². The Balaban J connectivity index is -0.0000000341. The molecule has 0 heterocycles. The second-order valence-corrected chi connectivity index (χ2v) is 10.6. The standard InChI is InChI=1S/4CH4FNO3S.F2HNO3S.5Li/c5*1-3(2)7(4,5)6;;;;;/h4*1H3,(H,4,5,6);(H,4,5,6);;;;;/q;;;;;5*+1/p-5.